The Balaban J connectivity index is 2.52. The van der Waals surface area contributed by atoms with Crippen LogP contribution < -0.4 is 5.32 Å². The molecule has 2 aromatic rings. The van der Waals surface area contributed by atoms with E-state index in [1.165, 1.54) is 0 Å². The molecule has 0 fully saturated rings. The van der Waals surface area contributed by atoms with Crippen LogP contribution in [-0.2, 0) is 6.54 Å². The highest BCUT2D eigenvalue weighted by atomic mass is 79.9. The number of benzene rings is 1. The van der Waals surface area contributed by atoms with Crippen LogP contribution in [0.4, 0.5) is 0 Å². The van der Waals surface area contributed by atoms with Crippen molar-refractivity contribution in [3.05, 3.63) is 50.2 Å². The maximum atomic E-state index is 6.41. The Hall–Kier alpha value is -0.550. The molecule has 1 atom stereocenters. The van der Waals surface area contributed by atoms with Gasteiger partial charge in [-0.1, -0.05) is 42.3 Å². The molecule has 3 nitrogen and oxygen atoms in total. The van der Waals surface area contributed by atoms with E-state index in [1.807, 2.05) is 23.0 Å². The molecule has 0 aliphatic carbocycles. The number of nitrogens with zero attached hydrogens (tertiary/aromatic N) is 2. The number of hydrogen-bond donors (Lipinski definition) is 1. The van der Waals surface area contributed by atoms with Crippen molar-refractivity contribution in [3.8, 4) is 0 Å². The van der Waals surface area contributed by atoms with E-state index in [0.29, 0.717) is 10.0 Å². The number of aryl methyl sites for hydroxylation is 1. The third-order valence-corrected chi connectivity index (χ3v) is 4.74. The lowest BCUT2D eigenvalue weighted by atomic mass is 10.0. The first-order valence-corrected chi connectivity index (χ1v) is 8.53. The molecule has 0 amide bonds. The number of nitrogens with one attached hydrogen (secondary N) is 1. The number of rotatable bonds is 6. The van der Waals surface area contributed by atoms with E-state index < -0.39 is 0 Å². The summed E-state index contributed by atoms with van der Waals surface area (Å²) in [6.07, 6.45) is 2.85. The van der Waals surface area contributed by atoms with Crippen molar-refractivity contribution in [1.82, 2.24) is 15.1 Å². The summed E-state index contributed by atoms with van der Waals surface area (Å²) in [6.45, 7) is 5.88. The molecule has 0 bridgehead atoms. The first-order valence-electron chi connectivity index (χ1n) is 6.98. The van der Waals surface area contributed by atoms with Crippen molar-refractivity contribution in [2.45, 2.75) is 32.9 Å². The van der Waals surface area contributed by atoms with Crippen LogP contribution in [0.1, 0.15) is 37.6 Å². The predicted octanol–water partition coefficient (Wildman–Crippen LogP) is 5.06. The van der Waals surface area contributed by atoms with Crippen LogP contribution in [0, 0.1) is 0 Å². The van der Waals surface area contributed by atoms with Gasteiger partial charge < -0.3 is 5.32 Å². The van der Waals surface area contributed by atoms with Crippen molar-refractivity contribution in [3.63, 3.8) is 0 Å². The summed E-state index contributed by atoms with van der Waals surface area (Å²) in [5, 5.41) is 9.08. The highest BCUT2D eigenvalue weighted by Crippen LogP contribution is 2.35. The first-order chi connectivity index (χ1) is 10.1. The summed E-state index contributed by atoms with van der Waals surface area (Å²) in [4.78, 5) is 0. The van der Waals surface area contributed by atoms with Gasteiger partial charge in [0.2, 0.25) is 0 Å². The van der Waals surface area contributed by atoms with Gasteiger partial charge in [-0.15, -0.1) is 0 Å². The third kappa shape index (κ3) is 3.62. The van der Waals surface area contributed by atoms with Gasteiger partial charge in [-0.2, -0.15) is 5.10 Å². The van der Waals surface area contributed by atoms with Crippen molar-refractivity contribution in [1.29, 1.82) is 0 Å². The fraction of sp³-hybridized carbons (Fsp3) is 0.400. The van der Waals surface area contributed by atoms with Crippen LogP contribution in [0.5, 0.6) is 0 Å². The van der Waals surface area contributed by atoms with Gasteiger partial charge in [0, 0.05) is 6.54 Å². The van der Waals surface area contributed by atoms with E-state index in [4.69, 9.17) is 23.2 Å². The van der Waals surface area contributed by atoms with Gasteiger partial charge >= 0.3 is 0 Å². The minimum Gasteiger partial charge on any atom is -0.305 e. The molecule has 0 saturated carbocycles. The smallest absolute Gasteiger partial charge is 0.0774 e. The average molecular weight is 391 g/mol. The highest BCUT2D eigenvalue weighted by Gasteiger charge is 2.23. The summed E-state index contributed by atoms with van der Waals surface area (Å²) in [5.74, 6) is 0. The quantitative estimate of drug-likeness (QED) is 0.746. The molecule has 0 aliphatic rings. The second-order valence-corrected chi connectivity index (χ2v) is 6.36. The number of aromatic nitrogens is 2. The van der Waals surface area contributed by atoms with Crippen LogP contribution in [0.2, 0.25) is 10.0 Å². The third-order valence-electron chi connectivity index (χ3n) is 3.30. The SMILES string of the molecule is CCCNC(c1cccc(Cl)c1Cl)c1c(Br)cnn1CC. The van der Waals surface area contributed by atoms with E-state index in [-0.39, 0.29) is 6.04 Å². The fourth-order valence-corrected chi connectivity index (χ4v) is 3.24. The monoisotopic (exact) mass is 389 g/mol. The van der Waals surface area contributed by atoms with Crippen LogP contribution in [-0.4, -0.2) is 16.3 Å². The number of halogens is 3. The van der Waals surface area contributed by atoms with Crippen LogP contribution in [0.25, 0.3) is 0 Å². The molecule has 2 rings (SSSR count). The molecule has 0 saturated heterocycles. The van der Waals surface area contributed by atoms with E-state index in [2.05, 4.69) is 40.2 Å². The summed E-state index contributed by atoms with van der Waals surface area (Å²) in [6, 6.07) is 5.68. The Morgan fingerprint density at radius 3 is 2.76 bits per heavy atom. The summed E-state index contributed by atoms with van der Waals surface area (Å²) < 4.78 is 2.93. The van der Waals surface area contributed by atoms with Crippen LogP contribution in [0.15, 0.2) is 28.9 Å². The van der Waals surface area contributed by atoms with E-state index in [0.717, 1.165) is 35.2 Å². The van der Waals surface area contributed by atoms with Crippen molar-refractivity contribution >= 4 is 39.1 Å². The molecule has 1 N–H and O–H groups in total. The predicted molar refractivity (Wildman–Crippen MR) is 92.2 cm³/mol. The van der Waals surface area contributed by atoms with Gasteiger partial charge in [0.05, 0.1) is 32.5 Å². The normalized spacial score (nSPS) is 12.6. The van der Waals surface area contributed by atoms with Gasteiger partial charge in [-0.05, 0) is 47.4 Å². The average Bonchev–Trinajstić information content (AvgIpc) is 2.85. The zero-order chi connectivity index (χ0) is 15.4. The minimum absolute atomic E-state index is 0.0482. The van der Waals surface area contributed by atoms with Crippen LogP contribution >= 0.6 is 39.1 Å². The molecule has 114 valence electrons. The molecule has 6 heteroatoms. The Labute approximate surface area is 143 Å². The first kappa shape index (κ1) is 16.8. The van der Waals surface area contributed by atoms with Gasteiger partial charge in [-0.3, -0.25) is 4.68 Å². The lowest BCUT2D eigenvalue weighted by Gasteiger charge is -2.22. The standard InChI is InChI=1S/C15H18BrCl2N3/c1-3-8-19-14(10-6-5-7-12(17)13(10)18)15-11(16)9-20-21(15)4-2/h5-7,9,14,19H,3-4,8H2,1-2H3. The second-order valence-electron chi connectivity index (χ2n) is 4.72. The van der Waals surface area contributed by atoms with E-state index in [1.54, 1.807) is 6.07 Å². The Bertz CT molecular complexity index is 613. The zero-order valence-electron chi connectivity index (χ0n) is 12.0. The van der Waals surface area contributed by atoms with E-state index >= 15 is 0 Å². The minimum atomic E-state index is -0.0482. The topological polar surface area (TPSA) is 29.9 Å². The largest absolute Gasteiger partial charge is 0.305 e. The van der Waals surface area contributed by atoms with Gasteiger partial charge in [-0.25, -0.2) is 0 Å². The molecule has 0 aliphatic heterocycles. The van der Waals surface area contributed by atoms with Crippen molar-refractivity contribution in [2.75, 3.05) is 6.54 Å². The maximum Gasteiger partial charge on any atom is 0.0774 e. The van der Waals surface area contributed by atoms with Crippen molar-refractivity contribution < 1.29 is 0 Å². The fourth-order valence-electron chi connectivity index (χ4n) is 2.30. The molecule has 0 spiro atoms. The van der Waals surface area contributed by atoms with E-state index in [9.17, 15) is 0 Å². The van der Waals surface area contributed by atoms with Gasteiger partial charge in [0.15, 0.2) is 0 Å². The Morgan fingerprint density at radius 2 is 2.10 bits per heavy atom. The van der Waals surface area contributed by atoms with Crippen LogP contribution in [0.3, 0.4) is 0 Å². The van der Waals surface area contributed by atoms with Gasteiger partial charge in [0.25, 0.3) is 0 Å². The Kier molecular flexibility index (Phi) is 6.11. The molecule has 1 heterocycles. The zero-order valence-corrected chi connectivity index (χ0v) is 15.1. The van der Waals surface area contributed by atoms with Gasteiger partial charge in [0.1, 0.15) is 0 Å². The number of hydrogen-bond acceptors (Lipinski definition) is 2. The molecular formula is C15H18BrCl2N3. The maximum absolute atomic E-state index is 6.41. The highest BCUT2D eigenvalue weighted by molar-refractivity contribution is 9.10. The molecule has 21 heavy (non-hydrogen) atoms. The molecule has 1 aromatic heterocycles. The Morgan fingerprint density at radius 1 is 1.33 bits per heavy atom. The summed E-state index contributed by atoms with van der Waals surface area (Å²) in [5.41, 5.74) is 2.03. The molecule has 0 radical (unpaired) electrons. The summed E-state index contributed by atoms with van der Waals surface area (Å²) >= 11 is 16.2. The molecular weight excluding hydrogens is 373 g/mol. The van der Waals surface area contributed by atoms with Crippen molar-refractivity contribution in [2.24, 2.45) is 0 Å². The second kappa shape index (κ2) is 7.63. The lowest BCUT2D eigenvalue weighted by molar-refractivity contribution is 0.528. The summed E-state index contributed by atoms with van der Waals surface area (Å²) in [7, 11) is 0. The molecule has 1 unspecified atom stereocenters. The lowest BCUT2D eigenvalue weighted by Crippen LogP contribution is -2.26. The molecule has 1 aromatic carbocycles.